The molecule has 0 spiro atoms. The van der Waals surface area contributed by atoms with Gasteiger partial charge in [-0.2, -0.15) is 0 Å². The summed E-state index contributed by atoms with van der Waals surface area (Å²) in [5.41, 5.74) is -0.551. The van der Waals surface area contributed by atoms with Crippen molar-refractivity contribution in [2.45, 2.75) is 86.9 Å². The van der Waals surface area contributed by atoms with Gasteiger partial charge in [0, 0.05) is 31.3 Å². The third kappa shape index (κ3) is 7.15. The number of amides is 1. The second kappa shape index (κ2) is 12.3. The summed E-state index contributed by atoms with van der Waals surface area (Å²) in [6, 6.07) is 4.80. The van der Waals surface area contributed by atoms with E-state index in [2.05, 4.69) is 11.9 Å². The summed E-state index contributed by atoms with van der Waals surface area (Å²) in [6.07, 6.45) is -0.331. The predicted octanol–water partition coefficient (Wildman–Crippen LogP) is 5.51. The predicted molar refractivity (Wildman–Crippen MR) is 122 cm³/mol. The number of pyridine rings is 1. The van der Waals surface area contributed by atoms with Crippen molar-refractivity contribution in [3.05, 3.63) is 28.3 Å². The first kappa shape index (κ1) is 27.6. The quantitative estimate of drug-likeness (QED) is 0.467. The van der Waals surface area contributed by atoms with E-state index >= 15 is 0 Å². The fourth-order valence-electron chi connectivity index (χ4n) is 3.32. The molecule has 3 unspecified atom stereocenters. The van der Waals surface area contributed by atoms with Crippen molar-refractivity contribution < 1.29 is 14.5 Å². The van der Waals surface area contributed by atoms with Crippen LogP contribution in [0.5, 0.6) is 0 Å². The average Bonchev–Trinajstić information content (AvgIpc) is 3.00. The molecule has 0 saturated carbocycles. The molecule has 8 nitrogen and oxygen atoms in total. The van der Waals surface area contributed by atoms with E-state index in [1.165, 1.54) is 6.07 Å². The van der Waals surface area contributed by atoms with Crippen LogP contribution < -0.4 is 4.90 Å². The Morgan fingerprint density at radius 2 is 1.83 bits per heavy atom. The Hall–Kier alpha value is -2.38. The van der Waals surface area contributed by atoms with Gasteiger partial charge >= 0.3 is 11.9 Å². The third-order valence-corrected chi connectivity index (χ3v) is 4.81. The van der Waals surface area contributed by atoms with E-state index in [1.54, 1.807) is 17.0 Å². The molecule has 2 rings (SSSR count). The van der Waals surface area contributed by atoms with Crippen LogP contribution in [-0.2, 0) is 4.74 Å². The Labute approximate surface area is 181 Å². The summed E-state index contributed by atoms with van der Waals surface area (Å²) in [6.45, 7) is 20.7. The lowest BCUT2D eigenvalue weighted by atomic mass is 9.98. The van der Waals surface area contributed by atoms with Gasteiger partial charge in [-0.05, 0) is 56.5 Å². The van der Waals surface area contributed by atoms with Gasteiger partial charge in [0.15, 0.2) is 0 Å². The Balaban J connectivity index is 0.00000198. The van der Waals surface area contributed by atoms with Gasteiger partial charge in [0.2, 0.25) is 5.82 Å². The van der Waals surface area contributed by atoms with Crippen LogP contribution in [0.2, 0.25) is 0 Å². The number of carbonyl (C=O) groups excluding carboxylic acids is 1. The van der Waals surface area contributed by atoms with Crippen LogP contribution in [0.1, 0.15) is 69.2 Å². The van der Waals surface area contributed by atoms with Crippen LogP contribution >= 0.6 is 0 Å². The zero-order chi connectivity index (χ0) is 23.6. The highest BCUT2D eigenvalue weighted by atomic mass is 16.6. The fourth-order valence-corrected chi connectivity index (χ4v) is 3.32. The molecule has 1 saturated heterocycles. The summed E-state index contributed by atoms with van der Waals surface area (Å²) >= 11 is 0. The summed E-state index contributed by atoms with van der Waals surface area (Å²) in [4.78, 5) is 31.0. The van der Waals surface area contributed by atoms with E-state index in [-0.39, 0.29) is 29.9 Å². The molecule has 8 heteroatoms. The lowest BCUT2D eigenvalue weighted by Crippen LogP contribution is -2.42. The number of carbonyl (C=O) groups is 1. The van der Waals surface area contributed by atoms with E-state index in [0.717, 1.165) is 0 Å². The van der Waals surface area contributed by atoms with Crippen molar-refractivity contribution in [2.24, 2.45) is 5.92 Å². The Morgan fingerprint density at radius 3 is 2.30 bits per heavy atom. The average molecular weight is 425 g/mol. The normalized spacial score (nSPS) is 20.3. The minimum Gasteiger partial charge on any atom is -0.444 e. The lowest BCUT2D eigenvalue weighted by Gasteiger charge is -2.29. The van der Waals surface area contributed by atoms with Crippen molar-refractivity contribution in [2.75, 3.05) is 18.0 Å². The van der Waals surface area contributed by atoms with E-state index < -0.39 is 10.5 Å². The SMILES string of the molecule is CC.CC.CCN(c1cccc([N+](=O)[O-])n1)C1CN(C(=O)OC(C)(C)C)C(C)C1C. The molecule has 172 valence electrons. The van der Waals surface area contributed by atoms with Gasteiger partial charge in [-0.1, -0.05) is 34.6 Å². The molecule has 0 aliphatic carbocycles. The maximum Gasteiger partial charge on any atom is 0.410 e. The number of hydrogen-bond donors (Lipinski definition) is 0. The van der Waals surface area contributed by atoms with E-state index in [0.29, 0.717) is 18.9 Å². The molecular weight excluding hydrogens is 384 g/mol. The van der Waals surface area contributed by atoms with Crippen LogP contribution in [0.15, 0.2) is 18.2 Å². The van der Waals surface area contributed by atoms with Crippen molar-refractivity contribution in [1.29, 1.82) is 0 Å². The second-order valence-electron chi connectivity index (χ2n) is 7.70. The third-order valence-electron chi connectivity index (χ3n) is 4.81. The van der Waals surface area contributed by atoms with Gasteiger partial charge in [0.25, 0.3) is 0 Å². The molecule has 2 heterocycles. The topological polar surface area (TPSA) is 88.8 Å². The highest BCUT2D eigenvalue weighted by Gasteiger charge is 2.43. The number of anilines is 1. The summed E-state index contributed by atoms with van der Waals surface area (Å²) in [5.74, 6) is 0.545. The number of ether oxygens (including phenoxy) is 1. The van der Waals surface area contributed by atoms with Gasteiger partial charge in [0.1, 0.15) is 5.60 Å². The smallest absolute Gasteiger partial charge is 0.410 e. The monoisotopic (exact) mass is 424 g/mol. The minimum atomic E-state index is -0.551. The molecular formula is C22H40N4O4. The number of nitrogens with zero attached hydrogens (tertiary/aromatic N) is 4. The van der Waals surface area contributed by atoms with Gasteiger partial charge in [0.05, 0.1) is 6.04 Å². The maximum atomic E-state index is 12.5. The van der Waals surface area contributed by atoms with E-state index in [1.807, 2.05) is 67.2 Å². The largest absolute Gasteiger partial charge is 0.444 e. The number of likely N-dealkylation sites (tertiary alicyclic amines) is 1. The lowest BCUT2D eigenvalue weighted by molar-refractivity contribution is -0.389. The maximum absolute atomic E-state index is 12.5. The van der Waals surface area contributed by atoms with Crippen molar-refractivity contribution in [3.8, 4) is 0 Å². The fraction of sp³-hybridized carbons (Fsp3) is 0.727. The summed E-state index contributed by atoms with van der Waals surface area (Å²) < 4.78 is 5.52. The first-order chi connectivity index (χ1) is 14.0. The van der Waals surface area contributed by atoms with Crippen molar-refractivity contribution >= 4 is 17.7 Å². The first-order valence-corrected chi connectivity index (χ1v) is 10.9. The molecule has 0 bridgehead atoms. The highest BCUT2D eigenvalue weighted by Crippen LogP contribution is 2.32. The van der Waals surface area contributed by atoms with Crippen LogP contribution in [-0.4, -0.2) is 51.7 Å². The number of hydrogen-bond acceptors (Lipinski definition) is 6. The first-order valence-electron chi connectivity index (χ1n) is 10.9. The van der Waals surface area contributed by atoms with Gasteiger partial charge < -0.3 is 24.7 Å². The van der Waals surface area contributed by atoms with Crippen LogP contribution in [0, 0.1) is 16.0 Å². The van der Waals surface area contributed by atoms with Crippen LogP contribution in [0.4, 0.5) is 16.4 Å². The Kier molecular flexibility index (Phi) is 11.4. The number of nitro groups is 1. The minimum absolute atomic E-state index is 0.00241. The summed E-state index contributed by atoms with van der Waals surface area (Å²) in [5, 5.41) is 11.0. The standard InChI is InChI=1S/C18H28N4O4.2C2H6/c1-7-20(15-9-8-10-16(19-15)22(24)25)14-11-21(13(3)12(14)2)17(23)26-18(4,5)6;2*1-2/h8-10,12-14H,7,11H2,1-6H3;2*1-2H3. The van der Waals surface area contributed by atoms with E-state index in [4.69, 9.17) is 4.74 Å². The highest BCUT2D eigenvalue weighted by molar-refractivity contribution is 5.69. The Morgan fingerprint density at radius 1 is 1.27 bits per heavy atom. The van der Waals surface area contributed by atoms with Crippen LogP contribution in [0.3, 0.4) is 0 Å². The number of rotatable bonds is 4. The zero-order valence-corrected chi connectivity index (χ0v) is 20.3. The van der Waals surface area contributed by atoms with Gasteiger partial charge in [-0.15, -0.1) is 0 Å². The summed E-state index contributed by atoms with van der Waals surface area (Å²) in [7, 11) is 0. The molecule has 1 aliphatic rings. The van der Waals surface area contributed by atoms with Crippen LogP contribution in [0.25, 0.3) is 0 Å². The van der Waals surface area contributed by atoms with Gasteiger partial charge in [-0.3, -0.25) is 0 Å². The molecule has 0 N–H and O–H groups in total. The number of aromatic nitrogens is 1. The molecule has 1 amide bonds. The molecule has 1 aromatic heterocycles. The van der Waals surface area contributed by atoms with Crippen molar-refractivity contribution in [3.63, 3.8) is 0 Å². The zero-order valence-electron chi connectivity index (χ0n) is 20.3. The van der Waals surface area contributed by atoms with Gasteiger partial charge in [-0.25, -0.2) is 4.79 Å². The molecule has 30 heavy (non-hydrogen) atoms. The molecule has 0 aromatic carbocycles. The van der Waals surface area contributed by atoms with Crippen molar-refractivity contribution in [1.82, 2.24) is 9.88 Å². The molecule has 1 aromatic rings. The molecule has 1 fully saturated rings. The molecule has 0 radical (unpaired) electrons. The second-order valence-corrected chi connectivity index (χ2v) is 7.70. The Bertz CT molecular complexity index is 675. The number of likely N-dealkylation sites (N-methyl/N-ethyl adjacent to an activating group) is 1. The molecule has 3 atom stereocenters. The van der Waals surface area contributed by atoms with E-state index in [9.17, 15) is 14.9 Å². The molecule has 1 aliphatic heterocycles.